The van der Waals surface area contributed by atoms with E-state index >= 15 is 0 Å². The summed E-state index contributed by atoms with van der Waals surface area (Å²) in [7, 11) is 0. The number of aryl methyl sites for hydroxylation is 24. The molecule has 4 aliphatic heterocycles. The molecule has 0 aromatic heterocycles. The van der Waals surface area contributed by atoms with E-state index < -0.39 is 0 Å². The van der Waals surface area contributed by atoms with E-state index in [1.807, 2.05) is 110 Å². The number of nitrogens with zero attached hydrogens (tertiary/aromatic N) is 8. The predicted molar refractivity (Wildman–Crippen MR) is 552 cm³/mol. The number of benzene rings is 12. The average Bonchev–Trinajstić information content (AvgIpc) is 1.57. The summed E-state index contributed by atoms with van der Waals surface area (Å²) >= 11 is 0. The molecule has 0 N–H and O–H groups in total. The van der Waals surface area contributed by atoms with Crippen molar-refractivity contribution in [3.63, 3.8) is 0 Å². The number of hydrogen-bond donors (Lipinski definition) is 0. The zero-order chi connectivity index (χ0) is 94.4. The molecule has 136 heavy (non-hydrogen) atoms. The maximum absolute atomic E-state index is 13.8. The third-order valence-corrected chi connectivity index (χ3v) is 26.1. The molecule has 0 spiro atoms. The molecule has 0 saturated heterocycles. The third-order valence-electron chi connectivity index (χ3n) is 26.1. The van der Waals surface area contributed by atoms with Crippen molar-refractivity contribution in [1.82, 2.24) is 36.5 Å². The fourth-order valence-corrected chi connectivity index (χ4v) is 21.9. The molecule has 4 aliphatic carbocycles. The van der Waals surface area contributed by atoms with E-state index in [0.29, 0.717) is 85.9 Å². The largest absolute Gasteiger partial charge is 0.400 e. The molecule has 0 amide bonds. The molecular weight excluding hydrogens is 2070 g/mol. The van der Waals surface area contributed by atoms with E-state index in [1.165, 1.54) is 44.5 Å². The summed E-state index contributed by atoms with van der Waals surface area (Å²) in [6.07, 6.45) is 7.67. The van der Waals surface area contributed by atoms with Crippen LogP contribution in [0.2, 0.25) is 0 Å². The summed E-state index contributed by atoms with van der Waals surface area (Å²) in [5.74, 6) is 0. The molecule has 0 fully saturated rings. The van der Waals surface area contributed by atoms with E-state index in [0.717, 1.165) is 135 Å². The number of hydrogen-bond acceptors (Lipinski definition) is 8. The monoisotopic (exact) mass is 2190 g/mol. The van der Waals surface area contributed by atoms with Gasteiger partial charge in [0.2, 0.25) is 0 Å². The van der Waals surface area contributed by atoms with Crippen LogP contribution in [0.3, 0.4) is 0 Å². The Hall–Kier alpha value is -13.4. The van der Waals surface area contributed by atoms with Crippen LogP contribution in [0.4, 0.5) is 0 Å². The van der Waals surface area contributed by atoms with Gasteiger partial charge in [0.25, 0.3) is 0 Å². The van der Waals surface area contributed by atoms with Gasteiger partial charge in [-0.05, 0) is 212 Å². The Morgan fingerprint density at radius 2 is 0.243 bits per heavy atom. The molecule has 16 nitrogen and oxygen atoms in total. The second-order valence-corrected chi connectivity index (χ2v) is 37.0. The SMILES string of the molecule is C.Cc1cc(C)c(-n2[cH-]n(-c3c(C)cc(C)cc3C)c3c(=O)c4ccccc4c(=O)c2=3)c(C)c1.Cc1cc(C)c(-n2[cH-]n(-c3c(C)cc(C)cc3C)c3c(=O)c4ccccc4c(=O)c2=3)c(C)c1.Cc1cc(C)c(-n2[cH-]n(-c3c(C)cc(C)cc3C)c3c(=O)c4ccccc4c(=O)c2=3)c(C)c1.Cc1cc(C)c(-n2[cH-]n(-c3c(C)cc(C)cc3C)c3c(=O)c4ccccc4c(=O)c2=3)c(C)c1.Cl.[Au].[Au]. The first-order valence-corrected chi connectivity index (χ1v) is 44.8. The first kappa shape index (κ1) is 100. The second kappa shape index (κ2) is 38.4. The van der Waals surface area contributed by atoms with Gasteiger partial charge in [-0.3, -0.25) is 38.4 Å². The van der Waals surface area contributed by atoms with Crippen molar-refractivity contribution in [2.45, 2.75) is 174 Å². The molecule has 0 atom stereocenters. The van der Waals surface area contributed by atoms with Crippen LogP contribution < -0.4 is 43.4 Å². The standard InChI is InChI=1S/4C29H27N2O2.CH4.2Au.ClH/c4*1-16-11-18(3)24(19(4)12-16)30-15-31(25-20(5)13-17(2)14-21(25)6)27-26(30)28(32)22-9-7-8-10-23(22)29(27)33;;;;/h4*7-15H,1-6H3;1H4;;;1H/q4*-1;;;;. The van der Waals surface area contributed by atoms with E-state index in [9.17, 15) is 38.4 Å². The minimum absolute atomic E-state index is 0. The molecule has 19 heteroatoms. The smallest absolute Gasteiger partial charge is 0.172 e. The molecular formula is C117H113Au2ClN8O8-4. The Labute approximate surface area is 826 Å². The summed E-state index contributed by atoms with van der Waals surface area (Å²) < 4.78 is 15.4. The maximum atomic E-state index is 13.8. The Morgan fingerprint density at radius 1 is 0.162 bits per heavy atom. The molecule has 4 heterocycles. The normalized spacial score (nSPS) is 11.2. The second-order valence-electron chi connectivity index (χ2n) is 37.0. The third kappa shape index (κ3) is 17.0. The average molecular weight is 2190 g/mol. The summed E-state index contributed by atoms with van der Waals surface area (Å²) in [6, 6.07) is 62.3. The van der Waals surface area contributed by atoms with Gasteiger partial charge < -0.3 is 36.5 Å². The molecule has 0 bridgehead atoms. The first-order chi connectivity index (χ1) is 62.7. The van der Waals surface area contributed by atoms with Gasteiger partial charge in [-0.1, -0.05) is 335 Å². The van der Waals surface area contributed by atoms with Crippen LogP contribution in [0.15, 0.2) is 258 Å². The fourth-order valence-electron chi connectivity index (χ4n) is 21.9. The van der Waals surface area contributed by atoms with Crippen LogP contribution >= 0.6 is 12.4 Å². The molecule has 2 radical (unpaired) electrons. The van der Waals surface area contributed by atoms with Crippen molar-refractivity contribution in [1.29, 1.82) is 0 Å². The number of aromatic nitrogens is 8. The van der Waals surface area contributed by atoms with Gasteiger partial charge in [0.1, 0.15) is 0 Å². The van der Waals surface area contributed by atoms with Gasteiger partial charge in [-0.2, -0.15) is 0 Å². The number of rotatable bonds is 8. The van der Waals surface area contributed by atoms with Crippen molar-refractivity contribution in [2.75, 3.05) is 0 Å². The number of fused-ring (bicyclic) bond motifs is 4. The van der Waals surface area contributed by atoms with Crippen molar-refractivity contribution in [3.8, 4) is 45.5 Å². The van der Waals surface area contributed by atoms with Gasteiger partial charge in [0.05, 0.1) is 0 Å². The fraction of sp³-hybridized carbons (Fsp3) is 0.214. The van der Waals surface area contributed by atoms with Gasteiger partial charge in [-0.25, -0.2) is 0 Å². The number of halogens is 1. The van der Waals surface area contributed by atoms with Crippen molar-refractivity contribution < 1.29 is 44.8 Å². The maximum Gasteiger partial charge on any atom is 0.172 e. The van der Waals surface area contributed by atoms with E-state index in [2.05, 4.69) is 263 Å². The van der Waals surface area contributed by atoms with E-state index in [-0.39, 0.29) is 108 Å². The quantitative estimate of drug-likeness (QED) is 0.107. The van der Waals surface area contributed by atoms with E-state index in [4.69, 9.17) is 0 Å². The predicted octanol–water partition coefficient (Wildman–Crippen LogP) is 22.8. The van der Waals surface area contributed by atoms with E-state index in [1.54, 1.807) is 48.5 Å². The summed E-state index contributed by atoms with van der Waals surface area (Å²) in [4.78, 5) is 111. The Balaban J connectivity index is 0.000000152. The Bertz CT molecular complexity index is 7430. The Morgan fingerprint density at radius 3 is 0.324 bits per heavy atom. The molecule has 0 saturated carbocycles. The molecule has 0 unspecified atom stereocenters. The van der Waals surface area contributed by atoms with Crippen LogP contribution in [0.5, 0.6) is 0 Å². The van der Waals surface area contributed by atoms with Crippen LogP contribution in [0.25, 0.3) is 88.6 Å². The summed E-state index contributed by atoms with van der Waals surface area (Å²) in [6.45, 7) is 49.4. The van der Waals surface area contributed by atoms with Crippen LogP contribution in [0, 0.1) is 209 Å². The van der Waals surface area contributed by atoms with Gasteiger partial charge in [-0.15, -0.1) is 12.4 Å². The van der Waals surface area contributed by atoms with Crippen molar-refractivity contribution in [3.05, 3.63) is 478 Å². The summed E-state index contributed by atoms with van der Waals surface area (Å²) in [5.41, 5.74) is 32.9. The Kier molecular flexibility index (Phi) is 28.3. The van der Waals surface area contributed by atoms with Crippen LogP contribution in [-0.4, -0.2) is 36.5 Å². The van der Waals surface area contributed by atoms with Crippen LogP contribution in [-0.2, 0) is 44.8 Å². The molecule has 12 aromatic rings. The molecule has 20 rings (SSSR count). The molecule has 702 valence electrons. The minimum Gasteiger partial charge on any atom is -0.400 e. The molecule has 12 aromatic carbocycles. The first-order valence-electron chi connectivity index (χ1n) is 44.8. The minimum atomic E-state index is -0.124. The van der Waals surface area contributed by atoms with Gasteiger partial charge in [0, 0.05) is 156 Å². The molecule has 8 aliphatic rings. The van der Waals surface area contributed by atoms with Crippen molar-refractivity contribution >= 4 is 55.5 Å². The van der Waals surface area contributed by atoms with Crippen LogP contribution in [0.1, 0.15) is 141 Å². The zero-order valence-corrected chi connectivity index (χ0v) is 85.8. The van der Waals surface area contributed by atoms with Gasteiger partial charge in [0.15, 0.2) is 43.4 Å². The summed E-state index contributed by atoms with van der Waals surface area (Å²) in [5, 5.41) is 7.07. The van der Waals surface area contributed by atoms with Gasteiger partial charge >= 0.3 is 0 Å². The topological polar surface area (TPSA) is 176 Å². The van der Waals surface area contributed by atoms with Crippen molar-refractivity contribution in [2.24, 2.45) is 0 Å². The zero-order valence-electron chi connectivity index (χ0n) is 80.6.